The van der Waals surface area contributed by atoms with E-state index < -0.39 is 0 Å². The highest BCUT2D eigenvalue weighted by Crippen LogP contribution is 2.39. The van der Waals surface area contributed by atoms with Gasteiger partial charge in [0.25, 0.3) is 11.8 Å². The lowest BCUT2D eigenvalue weighted by atomic mass is 10.2. The molecule has 0 unspecified atom stereocenters. The number of imide groups is 1. The number of likely N-dealkylation sites (N-methyl/N-ethyl adjacent to an activating group) is 1. The summed E-state index contributed by atoms with van der Waals surface area (Å²) in [5, 5.41) is 0. The molecule has 1 aliphatic rings. The van der Waals surface area contributed by atoms with Crippen LogP contribution in [-0.4, -0.2) is 26.0 Å². The van der Waals surface area contributed by atoms with Gasteiger partial charge in [-0.3, -0.25) is 9.59 Å². The fourth-order valence-corrected chi connectivity index (χ4v) is 4.27. The Morgan fingerprint density at radius 3 is 2.00 bits per heavy atom. The number of carbonyl (C=O) groups excluding carboxylic acids is 2. The van der Waals surface area contributed by atoms with E-state index >= 15 is 0 Å². The summed E-state index contributed by atoms with van der Waals surface area (Å²) in [6.07, 6.45) is 0. The number of thioether (sulfide) groups is 1. The Morgan fingerprint density at radius 2 is 1.40 bits per heavy atom. The highest BCUT2D eigenvalue weighted by atomic mass is 32.2. The highest BCUT2D eigenvalue weighted by molar-refractivity contribution is 8.04. The van der Waals surface area contributed by atoms with Crippen molar-refractivity contribution in [2.45, 2.75) is 4.90 Å². The molecule has 0 aliphatic carbocycles. The van der Waals surface area contributed by atoms with Gasteiger partial charge in [0.15, 0.2) is 0 Å². The molecule has 6 heteroatoms. The third-order valence-electron chi connectivity index (χ3n) is 4.79. The first-order valence-electron chi connectivity index (χ1n) is 9.39. The first-order valence-corrected chi connectivity index (χ1v) is 10.2. The molecule has 0 N–H and O–H groups in total. The minimum Gasteiger partial charge on any atom is -0.497 e. The zero-order valence-electron chi connectivity index (χ0n) is 16.6. The monoisotopic (exact) mass is 416 g/mol. The third kappa shape index (κ3) is 3.69. The van der Waals surface area contributed by atoms with E-state index in [-0.39, 0.29) is 11.8 Å². The van der Waals surface area contributed by atoms with Crippen molar-refractivity contribution < 1.29 is 14.3 Å². The number of ether oxygens (including phenoxy) is 1. The zero-order chi connectivity index (χ0) is 21.1. The van der Waals surface area contributed by atoms with Gasteiger partial charge in [-0.05, 0) is 48.5 Å². The SMILES string of the molecule is COc1ccc(N2C(=O)C(Sc3ccccc3)=C(N(C)c3ccccc3)C2=O)cc1. The fourth-order valence-electron chi connectivity index (χ4n) is 3.24. The minimum atomic E-state index is -0.352. The maximum Gasteiger partial charge on any atom is 0.283 e. The number of carbonyl (C=O) groups is 2. The van der Waals surface area contributed by atoms with Crippen LogP contribution in [0.15, 0.2) is 100 Å². The number of methoxy groups -OCH3 is 1. The number of benzene rings is 3. The van der Waals surface area contributed by atoms with E-state index in [1.165, 1.54) is 16.7 Å². The van der Waals surface area contributed by atoms with E-state index in [0.717, 1.165) is 10.6 Å². The van der Waals surface area contributed by atoms with Crippen molar-refractivity contribution in [2.24, 2.45) is 0 Å². The van der Waals surface area contributed by atoms with Crippen LogP contribution in [0.2, 0.25) is 0 Å². The Kier molecular flexibility index (Phi) is 5.59. The van der Waals surface area contributed by atoms with Crippen molar-refractivity contribution in [1.29, 1.82) is 0 Å². The molecule has 3 aromatic rings. The summed E-state index contributed by atoms with van der Waals surface area (Å²) in [6.45, 7) is 0. The maximum atomic E-state index is 13.4. The molecule has 0 radical (unpaired) electrons. The Balaban J connectivity index is 1.77. The first kappa shape index (κ1) is 19.8. The number of hydrogen-bond donors (Lipinski definition) is 0. The Bertz CT molecular complexity index is 1100. The standard InChI is InChI=1S/C24H20N2O3S/c1-25(17-9-5-3-6-10-17)21-22(30-20-11-7-4-8-12-20)24(28)26(23(21)27)18-13-15-19(29-2)16-14-18/h3-16H,1-2H3. The second-order valence-electron chi connectivity index (χ2n) is 6.63. The summed E-state index contributed by atoms with van der Waals surface area (Å²) in [5.41, 5.74) is 1.70. The van der Waals surface area contributed by atoms with E-state index in [9.17, 15) is 9.59 Å². The van der Waals surface area contributed by atoms with Gasteiger partial charge in [-0.25, -0.2) is 4.90 Å². The van der Waals surface area contributed by atoms with Crippen molar-refractivity contribution in [3.63, 3.8) is 0 Å². The zero-order valence-corrected chi connectivity index (χ0v) is 17.4. The summed E-state index contributed by atoms with van der Waals surface area (Å²) in [6, 6.07) is 26.0. The van der Waals surface area contributed by atoms with Crippen LogP contribution in [0, 0.1) is 0 Å². The molecule has 0 spiro atoms. The lowest BCUT2D eigenvalue weighted by Gasteiger charge is -2.21. The van der Waals surface area contributed by atoms with Crippen LogP contribution in [0.25, 0.3) is 0 Å². The summed E-state index contributed by atoms with van der Waals surface area (Å²) in [5.74, 6) is -0.0296. The molecule has 150 valence electrons. The molecule has 30 heavy (non-hydrogen) atoms. The molecule has 0 saturated heterocycles. The Morgan fingerprint density at radius 1 is 0.800 bits per heavy atom. The Labute approximate surface area is 179 Å². The van der Waals surface area contributed by atoms with Crippen LogP contribution in [0.5, 0.6) is 5.75 Å². The third-order valence-corrected chi connectivity index (χ3v) is 5.87. The van der Waals surface area contributed by atoms with Gasteiger partial charge in [-0.15, -0.1) is 0 Å². The molecule has 5 nitrogen and oxygen atoms in total. The molecule has 3 aromatic carbocycles. The molecule has 0 atom stereocenters. The summed E-state index contributed by atoms with van der Waals surface area (Å²) in [7, 11) is 3.38. The van der Waals surface area contributed by atoms with Crippen LogP contribution in [-0.2, 0) is 9.59 Å². The van der Waals surface area contributed by atoms with E-state index in [0.29, 0.717) is 22.0 Å². The molecule has 0 bridgehead atoms. The topological polar surface area (TPSA) is 49.9 Å². The average Bonchev–Trinajstić information content (AvgIpc) is 3.04. The van der Waals surface area contributed by atoms with Crippen molar-refractivity contribution >= 4 is 35.0 Å². The van der Waals surface area contributed by atoms with E-state index in [2.05, 4.69) is 0 Å². The smallest absolute Gasteiger partial charge is 0.283 e. The molecule has 0 fully saturated rings. The van der Waals surface area contributed by atoms with Gasteiger partial charge < -0.3 is 9.64 Å². The van der Waals surface area contributed by atoms with Crippen molar-refractivity contribution in [2.75, 3.05) is 24.0 Å². The van der Waals surface area contributed by atoms with Crippen LogP contribution in [0.1, 0.15) is 0 Å². The number of rotatable bonds is 6. The fraction of sp³-hybridized carbons (Fsp3) is 0.0833. The Hall–Kier alpha value is -3.51. The minimum absolute atomic E-state index is 0.336. The normalized spacial score (nSPS) is 13.7. The van der Waals surface area contributed by atoms with Crippen molar-refractivity contribution in [3.05, 3.63) is 95.5 Å². The van der Waals surface area contributed by atoms with Gasteiger partial charge in [0.1, 0.15) is 16.4 Å². The van der Waals surface area contributed by atoms with Gasteiger partial charge in [-0.2, -0.15) is 0 Å². The van der Waals surface area contributed by atoms with Gasteiger partial charge in [0.2, 0.25) is 0 Å². The predicted octanol–water partition coefficient (Wildman–Crippen LogP) is 4.71. The van der Waals surface area contributed by atoms with Gasteiger partial charge in [0, 0.05) is 17.6 Å². The van der Waals surface area contributed by atoms with Gasteiger partial charge in [0.05, 0.1) is 12.8 Å². The molecular formula is C24H20N2O3S. The summed E-state index contributed by atoms with van der Waals surface area (Å²) >= 11 is 1.30. The van der Waals surface area contributed by atoms with Crippen molar-refractivity contribution in [1.82, 2.24) is 0 Å². The highest BCUT2D eigenvalue weighted by Gasteiger charge is 2.42. The predicted molar refractivity (Wildman–Crippen MR) is 120 cm³/mol. The molecule has 2 amide bonds. The van der Waals surface area contributed by atoms with E-state index in [1.54, 1.807) is 43.3 Å². The van der Waals surface area contributed by atoms with Crippen LogP contribution < -0.4 is 14.5 Å². The molecule has 0 aromatic heterocycles. The quantitative estimate of drug-likeness (QED) is 0.545. The molecule has 1 heterocycles. The number of amides is 2. The molecule has 4 rings (SSSR count). The number of hydrogen-bond acceptors (Lipinski definition) is 5. The van der Waals surface area contributed by atoms with Gasteiger partial charge >= 0.3 is 0 Å². The molecule has 0 saturated carbocycles. The van der Waals surface area contributed by atoms with Crippen molar-refractivity contribution in [3.8, 4) is 5.75 Å². The van der Waals surface area contributed by atoms with E-state index in [4.69, 9.17) is 4.74 Å². The van der Waals surface area contributed by atoms with Crippen LogP contribution in [0.4, 0.5) is 11.4 Å². The van der Waals surface area contributed by atoms with Crippen LogP contribution >= 0.6 is 11.8 Å². The molecular weight excluding hydrogens is 396 g/mol. The second kappa shape index (κ2) is 8.47. The van der Waals surface area contributed by atoms with Gasteiger partial charge in [-0.1, -0.05) is 48.2 Å². The summed E-state index contributed by atoms with van der Waals surface area (Å²) < 4.78 is 5.19. The second-order valence-corrected chi connectivity index (χ2v) is 7.71. The first-order chi connectivity index (χ1) is 14.6. The largest absolute Gasteiger partial charge is 0.497 e. The van der Waals surface area contributed by atoms with Crippen LogP contribution in [0.3, 0.4) is 0 Å². The lowest BCUT2D eigenvalue weighted by molar-refractivity contribution is -0.120. The van der Waals surface area contributed by atoms with E-state index in [1.807, 2.05) is 60.7 Å². The molecule has 1 aliphatic heterocycles. The average molecular weight is 417 g/mol. The number of para-hydroxylation sites is 1. The summed E-state index contributed by atoms with van der Waals surface area (Å²) in [4.78, 5) is 31.1. The lowest BCUT2D eigenvalue weighted by Crippen LogP contribution is -2.34. The number of anilines is 2. The maximum absolute atomic E-state index is 13.4. The number of nitrogens with zero attached hydrogens (tertiary/aromatic N) is 2.